The number of anilines is 2. The first-order chi connectivity index (χ1) is 12.1. The third-order valence-electron chi connectivity index (χ3n) is 3.94. The molecular weight excluding hydrogens is 318 g/mol. The number of carbonyl (C=O) groups is 1. The van der Waals surface area contributed by atoms with Crippen molar-refractivity contribution < 1.29 is 14.6 Å². The number of fused-ring (bicyclic) bond motifs is 1. The van der Waals surface area contributed by atoms with Crippen molar-refractivity contribution in [2.75, 3.05) is 24.7 Å². The molecule has 2 aromatic carbocycles. The lowest BCUT2D eigenvalue weighted by Gasteiger charge is -2.11. The molecule has 0 radical (unpaired) electrons. The predicted molar refractivity (Wildman–Crippen MR) is 98.3 cm³/mol. The maximum Gasteiger partial charge on any atom is 0.339 e. The van der Waals surface area contributed by atoms with Gasteiger partial charge in [-0.25, -0.2) is 9.78 Å². The molecule has 0 saturated heterocycles. The van der Waals surface area contributed by atoms with Crippen molar-refractivity contribution >= 4 is 28.4 Å². The van der Waals surface area contributed by atoms with Crippen molar-refractivity contribution in [1.82, 2.24) is 4.98 Å². The number of methoxy groups -OCH3 is 1. The second-order valence-electron chi connectivity index (χ2n) is 5.67. The van der Waals surface area contributed by atoms with E-state index in [0.717, 1.165) is 23.1 Å². The number of pyridine rings is 1. The summed E-state index contributed by atoms with van der Waals surface area (Å²) in [5.74, 6) is 0.0137. The van der Waals surface area contributed by atoms with E-state index in [2.05, 4.69) is 10.3 Å². The number of aromatic carboxylic acids is 1. The van der Waals surface area contributed by atoms with Crippen LogP contribution in [0.25, 0.3) is 10.9 Å². The third-order valence-corrected chi connectivity index (χ3v) is 3.94. The molecule has 0 aliphatic rings. The fourth-order valence-corrected chi connectivity index (χ4v) is 2.58. The third kappa shape index (κ3) is 3.80. The van der Waals surface area contributed by atoms with Crippen LogP contribution in [0.2, 0.25) is 0 Å². The van der Waals surface area contributed by atoms with E-state index in [1.54, 1.807) is 31.4 Å². The van der Waals surface area contributed by atoms with Crippen LogP contribution in [-0.4, -0.2) is 29.7 Å². The summed E-state index contributed by atoms with van der Waals surface area (Å²) in [6.45, 7) is 0.562. The van der Waals surface area contributed by atoms with Crippen molar-refractivity contribution in [3.8, 4) is 5.75 Å². The van der Waals surface area contributed by atoms with Gasteiger partial charge >= 0.3 is 5.97 Å². The summed E-state index contributed by atoms with van der Waals surface area (Å²) in [5, 5.41) is 13.3. The van der Waals surface area contributed by atoms with Gasteiger partial charge in [-0.1, -0.05) is 12.1 Å². The Kier molecular flexibility index (Phi) is 4.70. The molecule has 0 aliphatic carbocycles. The lowest BCUT2D eigenvalue weighted by Crippen LogP contribution is -2.11. The number of nitrogens with zero attached hydrogens (tertiary/aromatic N) is 1. The molecule has 4 N–H and O–H groups in total. The molecule has 0 saturated carbocycles. The minimum atomic E-state index is -1.01. The molecule has 0 amide bonds. The Labute approximate surface area is 145 Å². The molecule has 1 aromatic heterocycles. The van der Waals surface area contributed by atoms with E-state index in [9.17, 15) is 9.90 Å². The number of nitrogen functional groups attached to an aromatic ring is 1. The van der Waals surface area contributed by atoms with Crippen molar-refractivity contribution in [2.45, 2.75) is 6.42 Å². The Bertz CT molecular complexity index is 908. The van der Waals surface area contributed by atoms with Gasteiger partial charge in [-0.05, 0) is 42.3 Å². The van der Waals surface area contributed by atoms with E-state index in [1.807, 2.05) is 24.3 Å². The number of nitrogens with two attached hydrogens (primary N) is 1. The Morgan fingerprint density at radius 3 is 2.64 bits per heavy atom. The molecule has 6 heteroatoms. The zero-order valence-electron chi connectivity index (χ0n) is 13.8. The van der Waals surface area contributed by atoms with Crippen LogP contribution in [-0.2, 0) is 6.42 Å². The minimum Gasteiger partial charge on any atom is -0.497 e. The van der Waals surface area contributed by atoms with Gasteiger partial charge in [0.1, 0.15) is 17.1 Å². The van der Waals surface area contributed by atoms with E-state index in [0.29, 0.717) is 23.6 Å². The van der Waals surface area contributed by atoms with Gasteiger partial charge in [0.15, 0.2) is 0 Å². The van der Waals surface area contributed by atoms with Crippen LogP contribution >= 0.6 is 0 Å². The maximum absolute atomic E-state index is 11.5. The number of hydrogen-bond donors (Lipinski definition) is 3. The van der Waals surface area contributed by atoms with Gasteiger partial charge in [-0.15, -0.1) is 0 Å². The normalized spacial score (nSPS) is 10.6. The van der Waals surface area contributed by atoms with E-state index < -0.39 is 5.97 Å². The summed E-state index contributed by atoms with van der Waals surface area (Å²) in [4.78, 5) is 16.0. The smallest absolute Gasteiger partial charge is 0.339 e. The van der Waals surface area contributed by atoms with Crippen LogP contribution in [0.1, 0.15) is 15.9 Å². The van der Waals surface area contributed by atoms with Crippen molar-refractivity contribution in [2.24, 2.45) is 0 Å². The average molecular weight is 337 g/mol. The highest BCUT2D eigenvalue weighted by Crippen LogP contribution is 2.24. The SMILES string of the molecule is COc1ccc2cc(C(=O)O)c(NCCc3ccc(N)cc3)nc2c1. The van der Waals surface area contributed by atoms with Gasteiger partial charge in [-0.3, -0.25) is 0 Å². The highest BCUT2D eigenvalue weighted by Gasteiger charge is 2.13. The summed E-state index contributed by atoms with van der Waals surface area (Å²) in [6, 6.07) is 14.6. The Morgan fingerprint density at radius 1 is 1.20 bits per heavy atom. The second-order valence-corrected chi connectivity index (χ2v) is 5.67. The number of rotatable bonds is 6. The molecule has 3 aromatic rings. The highest BCUT2D eigenvalue weighted by atomic mass is 16.5. The van der Waals surface area contributed by atoms with Crippen molar-refractivity contribution in [3.63, 3.8) is 0 Å². The van der Waals surface area contributed by atoms with Gasteiger partial charge < -0.3 is 20.9 Å². The molecule has 0 atom stereocenters. The number of carboxylic acids is 1. The lowest BCUT2D eigenvalue weighted by molar-refractivity contribution is 0.0698. The summed E-state index contributed by atoms with van der Waals surface area (Å²) in [6.07, 6.45) is 0.733. The van der Waals surface area contributed by atoms with Crippen LogP contribution in [0.3, 0.4) is 0 Å². The fraction of sp³-hybridized carbons (Fsp3) is 0.158. The molecule has 25 heavy (non-hydrogen) atoms. The highest BCUT2D eigenvalue weighted by molar-refractivity contribution is 5.98. The Hall–Kier alpha value is -3.28. The van der Waals surface area contributed by atoms with Gasteiger partial charge in [0.05, 0.1) is 12.6 Å². The first-order valence-corrected chi connectivity index (χ1v) is 7.87. The number of ether oxygens (including phenoxy) is 1. The first-order valence-electron chi connectivity index (χ1n) is 7.87. The molecule has 0 fully saturated rings. The van der Waals surface area contributed by atoms with Crippen LogP contribution in [0.4, 0.5) is 11.5 Å². The molecule has 3 rings (SSSR count). The zero-order chi connectivity index (χ0) is 17.8. The number of aromatic nitrogens is 1. The Balaban J connectivity index is 1.83. The van der Waals surface area contributed by atoms with Crippen molar-refractivity contribution in [1.29, 1.82) is 0 Å². The molecule has 0 aliphatic heterocycles. The van der Waals surface area contributed by atoms with Gasteiger partial charge in [-0.2, -0.15) is 0 Å². The van der Waals surface area contributed by atoms with Crippen LogP contribution in [0.5, 0.6) is 5.75 Å². The maximum atomic E-state index is 11.5. The van der Waals surface area contributed by atoms with Gasteiger partial charge in [0, 0.05) is 23.7 Å². The summed E-state index contributed by atoms with van der Waals surface area (Å²) in [7, 11) is 1.58. The molecule has 128 valence electrons. The van der Waals surface area contributed by atoms with E-state index in [-0.39, 0.29) is 5.56 Å². The topological polar surface area (TPSA) is 97.5 Å². The monoisotopic (exact) mass is 337 g/mol. The van der Waals surface area contributed by atoms with Gasteiger partial charge in [0.25, 0.3) is 0 Å². The van der Waals surface area contributed by atoms with Crippen LogP contribution in [0, 0.1) is 0 Å². The molecular formula is C19H19N3O3. The minimum absolute atomic E-state index is 0.148. The quantitative estimate of drug-likeness (QED) is 0.598. The molecule has 0 spiro atoms. The standard InChI is InChI=1S/C19H19N3O3/c1-25-15-7-4-13-10-16(19(23)24)18(22-17(13)11-15)21-9-8-12-2-5-14(20)6-3-12/h2-7,10-11H,8-9,20H2,1H3,(H,21,22)(H,23,24). The van der Waals surface area contributed by atoms with Crippen molar-refractivity contribution in [3.05, 3.63) is 59.7 Å². The summed E-state index contributed by atoms with van der Waals surface area (Å²) in [5.41, 5.74) is 8.33. The molecule has 6 nitrogen and oxygen atoms in total. The van der Waals surface area contributed by atoms with Crippen LogP contribution < -0.4 is 15.8 Å². The lowest BCUT2D eigenvalue weighted by atomic mass is 10.1. The summed E-state index contributed by atoms with van der Waals surface area (Å²) < 4.78 is 5.20. The fourth-order valence-electron chi connectivity index (χ4n) is 2.58. The predicted octanol–water partition coefficient (Wildman–Crippen LogP) is 3.18. The molecule has 1 heterocycles. The average Bonchev–Trinajstić information content (AvgIpc) is 2.62. The van der Waals surface area contributed by atoms with E-state index in [1.165, 1.54) is 0 Å². The number of hydrogen-bond acceptors (Lipinski definition) is 5. The zero-order valence-corrected chi connectivity index (χ0v) is 13.8. The largest absolute Gasteiger partial charge is 0.497 e. The number of carboxylic acid groups (broad SMARTS) is 1. The second kappa shape index (κ2) is 7.09. The van der Waals surface area contributed by atoms with Crippen LogP contribution in [0.15, 0.2) is 48.5 Å². The number of nitrogens with one attached hydrogen (secondary N) is 1. The Morgan fingerprint density at radius 2 is 1.96 bits per heavy atom. The van der Waals surface area contributed by atoms with E-state index in [4.69, 9.17) is 10.5 Å². The molecule has 0 bridgehead atoms. The summed E-state index contributed by atoms with van der Waals surface area (Å²) >= 11 is 0. The number of benzene rings is 2. The first kappa shape index (κ1) is 16.6. The van der Waals surface area contributed by atoms with E-state index >= 15 is 0 Å². The van der Waals surface area contributed by atoms with Gasteiger partial charge in [0.2, 0.25) is 0 Å². The molecule has 0 unspecified atom stereocenters.